The highest BCUT2D eigenvalue weighted by atomic mass is 16.3. The van der Waals surface area contributed by atoms with Gasteiger partial charge in [-0.1, -0.05) is 194 Å². The van der Waals surface area contributed by atoms with Gasteiger partial charge in [0, 0.05) is 44.2 Å². The van der Waals surface area contributed by atoms with Crippen molar-refractivity contribution in [2.75, 3.05) is 4.90 Å². The SMILES string of the molecule is c1ccc(-c2ccccc2-c2ccccc2N(c2ccc(-c3ccc(-c4cccc(-n5c6ccccc6c6ccccc65)c4)cc3)cc2)c2ccc(-c3ccc4c(c3)oc3ccccc34)cc2)cc1. The molecule has 3 nitrogen and oxygen atoms in total. The zero-order chi connectivity index (χ0) is 45.7. The molecule has 0 aliphatic carbocycles. The van der Waals surface area contributed by atoms with Gasteiger partial charge < -0.3 is 13.9 Å². The minimum absolute atomic E-state index is 0.893. The molecule has 0 saturated carbocycles. The number of hydrogen-bond acceptors (Lipinski definition) is 2. The third-order valence-electron chi connectivity index (χ3n) is 13.6. The summed E-state index contributed by atoms with van der Waals surface area (Å²) in [5, 5.41) is 4.80. The summed E-state index contributed by atoms with van der Waals surface area (Å²) < 4.78 is 8.67. The van der Waals surface area contributed by atoms with Gasteiger partial charge in [0.1, 0.15) is 11.2 Å². The van der Waals surface area contributed by atoms with Crippen LogP contribution in [0.25, 0.3) is 105 Å². The first-order chi connectivity index (χ1) is 34.2. The van der Waals surface area contributed by atoms with Crippen LogP contribution in [0.2, 0.25) is 0 Å². The van der Waals surface area contributed by atoms with Crippen LogP contribution in [0.15, 0.2) is 271 Å². The molecule has 0 N–H and O–H groups in total. The van der Waals surface area contributed by atoms with Crippen molar-refractivity contribution in [3.63, 3.8) is 0 Å². The number of rotatable bonds is 9. The van der Waals surface area contributed by atoms with Crippen molar-refractivity contribution in [2.24, 2.45) is 0 Å². The Balaban J connectivity index is 0.858. The lowest BCUT2D eigenvalue weighted by atomic mass is 9.93. The van der Waals surface area contributed by atoms with Crippen molar-refractivity contribution in [3.05, 3.63) is 267 Å². The molecule has 0 aliphatic rings. The molecule has 0 bridgehead atoms. The summed E-state index contributed by atoms with van der Waals surface area (Å²) in [4.78, 5) is 2.39. The van der Waals surface area contributed by atoms with E-state index >= 15 is 0 Å². The van der Waals surface area contributed by atoms with Crippen LogP contribution in [0.4, 0.5) is 17.1 Å². The molecule has 0 fully saturated rings. The van der Waals surface area contributed by atoms with Crippen molar-refractivity contribution in [3.8, 4) is 61.3 Å². The summed E-state index contributed by atoms with van der Waals surface area (Å²) in [6, 6.07) is 96.1. The lowest BCUT2D eigenvalue weighted by Gasteiger charge is -2.29. The largest absolute Gasteiger partial charge is 0.456 e. The van der Waals surface area contributed by atoms with Gasteiger partial charge in [0.15, 0.2) is 0 Å². The average Bonchev–Trinajstić information content (AvgIpc) is 3.97. The van der Waals surface area contributed by atoms with E-state index in [4.69, 9.17) is 4.42 Å². The molecule has 2 heterocycles. The summed E-state index contributed by atoms with van der Waals surface area (Å²) in [5.41, 5.74) is 20.2. The van der Waals surface area contributed by atoms with Crippen LogP contribution in [0.1, 0.15) is 0 Å². The second-order valence-corrected chi connectivity index (χ2v) is 17.7. The maximum absolute atomic E-state index is 6.29. The molecule has 0 atom stereocenters. The van der Waals surface area contributed by atoms with Gasteiger partial charge in [-0.25, -0.2) is 0 Å². The van der Waals surface area contributed by atoms with E-state index in [0.29, 0.717) is 0 Å². The van der Waals surface area contributed by atoms with Gasteiger partial charge in [0.2, 0.25) is 0 Å². The Labute approximate surface area is 401 Å². The van der Waals surface area contributed by atoms with E-state index in [1.807, 2.05) is 12.1 Å². The molecule has 0 aliphatic heterocycles. The highest BCUT2D eigenvalue weighted by Crippen LogP contribution is 2.45. The van der Waals surface area contributed by atoms with Gasteiger partial charge >= 0.3 is 0 Å². The molecule has 3 heteroatoms. The van der Waals surface area contributed by atoms with E-state index < -0.39 is 0 Å². The zero-order valence-electron chi connectivity index (χ0n) is 37.7. The predicted molar refractivity (Wildman–Crippen MR) is 290 cm³/mol. The molecule has 13 rings (SSSR count). The fourth-order valence-corrected chi connectivity index (χ4v) is 10.3. The summed E-state index contributed by atoms with van der Waals surface area (Å²) in [7, 11) is 0. The molecule has 0 amide bonds. The van der Waals surface area contributed by atoms with Crippen LogP contribution in [0.5, 0.6) is 0 Å². The molecular formula is C66H44N2O. The van der Waals surface area contributed by atoms with E-state index in [1.54, 1.807) is 0 Å². The van der Waals surface area contributed by atoms with Gasteiger partial charge in [-0.3, -0.25) is 0 Å². The molecule has 0 unspecified atom stereocenters. The Morgan fingerprint density at radius 2 is 0.739 bits per heavy atom. The van der Waals surface area contributed by atoms with Crippen molar-refractivity contribution in [2.45, 2.75) is 0 Å². The van der Waals surface area contributed by atoms with E-state index in [0.717, 1.165) is 66.9 Å². The zero-order valence-corrected chi connectivity index (χ0v) is 37.7. The fraction of sp³-hybridized carbons (Fsp3) is 0. The van der Waals surface area contributed by atoms with Crippen molar-refractivity contribution in [1.82, 2.24) is 4.57 Å². The van der Waals surface area contributed by atoms with Crippen LogP contribution in [-0.4, -0.2) is 4.57 Å². The Hall–Kier alpha value is -9.18. The minimum atomic E-state index is 0.893. The van der Waals surface area contributed by atoms with Crippen LogP contribution in [-0.2, 0) is 0 Å². The molecular weight excluding hydrogens is 837 g/mol. The highest BCUT2D eigenvalue weighted by molar-refractivity contribution is 6.09. The first kappa shape index (κ1) is 40.1. The number of furan rings is 1. The topological polar surface area (TPSA) is 21.3 Å². The number of benzene rings is 11. The highest BCUT2D eigenvalue weighted by Gasteiger charge is 2.20. The number of anilines is 3. The van der Waals surface area contributed by atoms with Gasteiger partial charge in [0.05, 0.1) is 16.7 Å². The maximum atomic E-state index is 6.29. The molecule has 0 spiro atoms. The number of fused-ring (bicyclic) bond motifs is 6. The number of hydrogen-bond donors (Lipinski definition) is 0. The summed E-state index contributed by atoms with van der Waals surface area (Å²) in [6.07, 6.45) is 0. The lowest BCUT2D eigenvalue weighted by molar-refractivity contribution is 0.669. The lowest BCUT2D eigenvalue weighted by Crippen LogP contribution is -2.11. The third-order valence-corrected chi connectivity index (χ3v) is 13.6. The van der Waals surface area contributed by atoms with E-state index in [2.05, 4.69) is 264 Å². The smallest absolute Gasteiger partial charge is 0.136 e. The van der Waals surface area contributed by atoms with E-state index in [1.165, 1.54) is 55.2 Å². The van der Waals surface area contributed by atoms with Crippen LogP contribution in [0.3, 0.4) is 0 Å². The van der Waals surface area contributed by atoms with Crippen molar-refractivity contribution in [1.29, 1.82) is 0 Å². The molecule has 13 aromatic rings. The summed E-state index contributed by atoms with van der Waals surface area (Å²) >= 11 is 0. The van der Waals surface area contributed by atoms with Crippen molar-refractivity contribution < 1.29 is 4.42 Å². The Morgan fingerprint density at radius 3 is 1.41 bits per heavy atom. The Kier molecular flexibility index (Phi) is 9.84. The quantitative estimate of drug-likeness (QED) is 0.144. The van der Waals surface area contributed by atoms with Crippen LogP contribution < -0.4 is 4.90 Å². The minimum Gasteiger partial charge on any atom is -0.456 e. The monoisotopic (exact) mass is 880 g/mol. The Bertz CT molecular complexity index is 3940. The molecule has 0 radical (unpaired) electrons. The number of para-hydroxylation sites is 4. The van der Waals surface area contributed by atoms with Gasteiger partial charge in [-0.2, -0.15) is 0 Å². The summed E-state index contributed by atoms with van der Waals surface area (Å²) in [5.74, 6) is 0. The normalized spacial score (nSPS) is 11.5. The van der Waals surface area contributed by atoms with Crippen molar-refractivity contribution >= 4 is 60.8 Å². The van der Waals surface area contributed by atoms with Gasteiger partial charge in [-0.15, -0.1) is 0 Å². The fourth-order valence-electron chi connectivity index (χ4n) is 10.3. The Morgan fingerprint density at radius 1 is 0.275 bits per heavy atom. The molecule has 324 valence electrons. The molecule has 0 saturated heterocycles. The van der Waals surface area contributed by atoms with Crippen LogP contribution in [0, 0.1) is 0 Å². The molecule has 11 aromatic carbocycles. The first-order valence-electron chi connectivity index (χ1n) is 23.6. The van der Waals surface area contributed by atoms with Gasteiger partial charge in [0.25, 0.3) is 0 Å². The average molecular weight is 881 g/mol. The maximum Gasteiger partial charge on any atom is 0.136 e. The first-order valence-corrected chi connectivity index (χ1v) is 23.6. The van der Waals surface area contributed by atoms with Gasteiger partial charge in [-0.05, 0) is 123 Å². The second-order valence-electron chi connectivity index (χ2n) is 17.7. The van der Waals surface area contributed by atoms with E-state index in [9.17, 15) is 0 Å². The molecule has 2 aromatic heterocycles. The summed E-state index contributed by atoms with van der Waals surface area (Å²) in [6.45, 7) is 0. The second kappa shape index (κ2) is 16.9. The van der Waals surface area contributed by atoms with Crippen LogP contribution >= 0.6 is 0 Å². The van der Waals surface area contributed by atoms with E-state index in [-0.39, 0.29) is 0 Å². The number of aromatic nitrogens is 1. The third kappa shape index (κ3) is 7.16. The predicted octanol–water partition coefficient (Wildman–Crippen LogP) is 18.5. The number of nitrogens with zero attached hydrogens (tertiary/aromatic N) is 2. The standard InChI is InChI=1S/C66H44N2O/c1-2-15-49(16-3-1)55-19-4-5-20-56(55)57-21-6-10-25-62(57)67(53-40-35-48(36-41-53)51-37-42-61-60-24-9-13-28-65(60)69-66(61)44-51)52-38-33-46(34-39-52)45-29-31-47(32-30-45)50-17-14-18-54(43-50)68-63-26-11-7-22-58(63)59-23-8-12-27-64(59)68/h1-44H. The molecule has 69 heavy (non-hydrogen) atoms.